The van der Waals surface area contributed by atoms with Crippen LogP contribution in [0.3, 0.4) is 0 Å². The second kappa shape index (κ2) is 5.53. The topological polar surface area (TPSA) is 80.6 Å². The Bertz CT molecular complexity index is 835. The number of amidine groups is 1. The van der Waals surface area contributed by atoms with E-state index in [-0.39, 0.29) is 17.5 Å². The number of hydrogen-bond donors (Lipinski definition) is 1. The number of hydrogen-bond acceptors (Lipinski definition) is 5. The van der Waals surface area contributed by atoms with Crippen molar-refractivity contribution >= 4 is 21.7 Å². The molecule has 1 aromatic carbocycles. The molecule has 0 aromatic heterocycles. The summed E-state index contributed by atoms with van der Waals surface area (Å²) < 4.78 is 11.2. The zero-order chi connectivity index (χ0) is 18.7. The van der Waals surface area contributed by atoms with Gasteiger partial charge in [-0.05, 0) is 54.9 Å². The van der Waals surface area contributed by atoms with Gasteiger partial charge in [0.25, 0.3) is 6.02 Å². The van der Waals surface area contributed by atoms with Crippen LogP contribution in [0.1, 0.15) is 42.9 Å². The number of rotatable bonds is 1. The molecule has 2 aliphatic carbocycles. The number of methoxy groups -OCH3 is 1. The zero-order valence-electron chi connectivity index (χ0n) is 15.2. The molecule has 2 N–H and O–H groups in total. The minimum Gasteiger partial charge on any atom is -0.476 e. The van der Waals surface area contributed by atoms with Gasteiger partial charge in [-0.2, -0.15) is 5.26 Å². The van der Waals surface area contributed by atoms with Gasteiger partial charge in [0, 0.05) is 12.5 Å². The second-order valence-corrected chi connectivity index (χ2v) is 7.99. The summed E-state index contributed by atoms with van der Waals surface area (Å²) in [6, 6.07) is 7.86. The fourth-order valence-corrected chi connectivity index (χ4v) is 5.63. The Morgan fingerprint density at radius 1 is 1.42 bits per heavy atom. The van der Waals surface area contributed by atoms with Crippen LogP contribution in [0.5, 0.6) is 0 Å². The Hall–Kier alpha value is -1.93. The molecule has 130 valence electrons. The first-order chi connectivity index (χ1) is 12.3. The Morgan fingerprint density at radius 3 is 2.77 bits per heavy atom. The molecule has 1 fully saturated rings. The van der Waals surface area contributed by atoms with Crippen LogP contribution in [0.25, 0.3) is 0 Å². The van der Waals surface area contributed by atoms with Gasteiger partial charge in [-0.15, -0.1) is 0 Å². The predicted molar refractivity (Wildman–Crippen MR) is 99.7 cm³/mol. The van der Waals surface area contributed by atoms with Gasteiger partial charge in [0.1, 0.15) is 21.2 Å². The maximum atomic E-state index is 9.37. The third-order valence-electron chi connectivity index (χ3n) is 6.60. The minimum absolute atomic E-state index is 0.00565. The zero-order valence-corrected chi connectivity index (χ0v) is 15.2. The molecule has 1 aromatic rings. The van der Waals surface area contributed by atoms with Crippen LogP contribution >= 0.6 is 0 Å². The summed E-state index contributed by atoms with van der Waals surface area (Å²) in [4.78, 5) is 4.72. The van der Waals surface area contributed by atoms with Gasteiger partial charge in [-0.1, -0.05) is 13.0 Å². The summed E-state index contributed by atoms with van der Waals surface area (Å²) >= 11 is 0. The molecule has 0 amide bonds. The van der Waals surface area contributed by atoms with Gasteiger partial charge < -0.3 is 15.2 Å². The largest absolute Gasteiger partial charge is 0.476 e. The van der Waals surface area contributed by atoms with Crippen LogP contribution in [0.2, 0.25) is 0 Å². The van der Waals surface area contributed by atoms with Crippen molar-refractivity contribution in [2.45, 2.75) is 49.6 Å². The highest BCUT2D eigenvalue weighted by atomic mass is 16.5. The molecule has 1 heterocycles. The summed E-state index contributed by atoms with van der Waals surface area (Å²) in [6.45, 7) is 2.18. The standard InChI is InChI=1S/C19H21B2N3O2/c1-11-8-17(6-5-15(11)25-2)9-13-4-3-12(10-22)7-14(13)18(17)19(20,21)26-16(23)24-18/h3-4,7,11,15H,5-6,8-9H2,1-2H3,(H2,23,24)/t11-,15-,17-,18-/m0/s1. The molecule has 1 aliphatic heterocycles. The van der Waals surface area contributed by atoms with Crippen molar-refractivity contribution in [3.63, 3.8) is 0 Å². The summed E-state index contributed by atoms with van der Waals surface area (Å²) in [5, 5.41) is 7.81. The first kappa shape index (κ1) is 17.5. The molecule has 2 spiro atoms. The number of nitriles is 1. The van der Waals surface area contributed by atoms with Crippen molar-refractivity contribution in [3.8, 4) is 6.07 Å². The van der Waals surface area contributed by atoms with E-state index in [1.165, 1.54) is 0 Å². The van der Waals surface area contributed by atoms with Crippen molar-refractivity contribution in [2.24, 2.45) is 22.1 Å². The molecule has 1 saturated carbocycles. The van der Waals surface area contributed by atoms with Crippen LogP contribution in [-0.2, 0) is 21.4 Å². The Labute approximate surface area is 156 Å². The fraction of sp³-hybridized carbons (Fsp3) is 0.579. The highest BCUT2D eigenvalue weighted by Crippen LogP contribution is 2.65. The Morgan fingerprint density at radius 2 is 2.19 bits per heavy atom. The van der Waals surface area contributed by atoms with E-state index in [1.54, 1.807) is 7.11 Å². The van der Waals surface area contributed by atoms with Gasteiger partial charge >= 0.3 is 0 Å². The lowest BCUT2D eigenvalue weighted by atomic mass is 9.44. The number of benzene rings is 1. The molecule has 4 atom stereocenters. The lowest BCUT2D eigenvalue weighted by molar-refractivity contribution is -0.0559. The van der Waals surface area contributed by atoms with Crippen LogP contribution in [0.4, 0.5) is 0 Å². The number of nitrogens with zero attached hydrogens (tertiary/aromatic N) is 2. The average molecular weight is 345 g/mol. The second-order valence-electron chi connectivity index (χ2n) is 7.99. The molecule has 4 radical (unpaired) electrons. The number of aliphatic imine (C=N–C) groups is 1. The maximum Gasteiger partial charge on any atom is 0.281 e. The molecule has 0 saturated heterocycles. The molecule has 3 aliphatic rings. The number of ether oxygens (including phenoxy) is 2. The van der Waals surface area contributed by atoms with Crippen molar-refractivity contribution in [3.05, 3.63) is 34.9 Å². The average Bonchev–Trinajstić information content (AvgIpc) is 2.99. The number of fused-ring (bicyclic) bond motifs is 3. The van der Waals surface area contributed by atoms with Crippen molar-refractivity contribution in [1.82, 2.24) is 0 Å². The quantitative estimate of drug-likeness (QED) is 0.782. The van der Waals surface area contributed by atoms with Gasteiger partial charge in [-0.3, -0.25) is 0 Å². The highest BCUT2D eigenvalue weighted by molar-refractivity contribution is 6.41. The fourth-order valence-electron chi connectivity index (χ4n) is 5.63. The van der Waals surface area contributed by atoms with Gasteiger partial charge in [0.2, 0.25) is 0 Å². The van der Waals surface area contributed by atoms with E-state index in [2.05, 4.69) is 13.0 Å². The van der Waals surface area contributed by atoms with Gasteiger partial charge in [-0.25, -0.2) is 4.99 Å². The van der Waals surface area contributed by atoms with Crippen molar-refractivity contribution < 1.29 is 9.47 Å². The Balaban J connectivity index is 1.93. The van der Waals surface area contributed by atoms with E-state index >= 15 is 0 Å². The molecule has 0 unspecified atom stereocenters. The van der Waals surface area contributed by atoms with Crippen molar-refractivity contribution in [2.75, 3.05) is 7.11 Å². The van der Waals surface area contributed by atoms with Gasteiger partial charge in [0.05, 0.1) is 23.1 Å². The molecular weight excluding hydrogens is 324 g/mol. The van der Waals surface area contributed by atoms with Crippen LogP contribution in [0, 0.1) is 22.7 Å². The van der Waals surface area contributed by atoms with Crippen LogP contribution in [0.15, 0.2) is 23.2 Å². The monoisotopic (exact) mass is 345 g/mol. The van der Waals surface area contributed by atoms with E-state index < -0.39 is 10.9 Å². The van der Waals surface area contributed by atoms with Crippen LogP contribution < -0.4 is 5.73 Å². The van der Waals surface area contributed by atoms with E-state index in [4.69, 9.17) is 35.9 Å². The molecule has 26 heavy (non-hydrogen) atoms. The first-order valence-corrected chi connectivity index (χ1v) is 8.97. The number of nitrogens with two attached hydrogens (primary N) is 1. The predicted octanol–water partition coefficient (Wildman–Crippen LogP) is 1.47. The molecule has 4 rings (SSSR count). The molecular formula is C19H21B2N3O2. The lowest BCUT2D eigenvalue weighted by Gasteiger charge is -2.53. The first-order valence-electron chi connectivity index (χ1n) is 8.97. The maximum absolute atomic E-state index is 9.37. The summed E-state index contributed by atoms with van der Waals surface area (Å²) in [7, 11) is 14.7. The SMILES string of the molecule is [B]C1([B])OC(N)=N[C@]12c1cc(C#N)ccc1C[C@@]21CC[C@H](OC)[C@@H](C)C1. The van der Waals surface area contributed by atoms with Gasteiger partial charge in [0.15, 0.2) is 0 Å². The van der Waals surface area contributed by atoms with E-state index in [0.29, 0.717) is 11.5 Å². The Kier molecular flexibility index (Phi) is 3.72. The van der Waals surface area contributed by atoms with E-state index in [9.17, 15) is 5.26 Å². The van der Waals surface area contributed by atoms with E-state index in [0.717, 1.165) is 36.8 Å². The molecule has 0 bridgehead atoms. The van der Waals surface area contributed by atoms with Crippen LogP contribution in [-0.4, -0.2) is 40.3 Å². The minimum atomic E-state index is -1.56. The van der Waals surface area contributed by atoms with E-state index in [1.807, 2.05) is 18.2 Å². The molecule has 5 nitrogen and oxygen atoms in total. The smallest absolute Gasteiger partial charge is 0.281 e. The highest BCUT2D eigenvalue weighted by Gasteiger charge is 2.68. The third kappa shape index (κ3) is 2.05. The van der Waals surface area contributed by atoms with Crippen molar-refractivity contribution in [1.29, 1.82) is 5.26 Å². The lowest BCUT2D eigenvalue weighted by Crippen LogP contribution is -2.60. The summed E-state index contributed by atoms with van der Waals surface area (Å²) in [5.41, 5.74) is 7.15. The normalized spacial score (nSPS) is 37.2. The third-order valence-corrected chi connectivity index (χ3v) is 6.60. The molecule has 7 heteroatoms. The summed E-state index contributed by atoms with van der Waals surface area (Å²) in [6.07, 6.45) is 3.57. The summed E-state index contributed by atoms with van der Waals surface area (Å²) in [5.74, 6) is 0.322.